The highest BCUT2D eigenvalue weighted by Crippen LogP contribution is 2.21. The molecule has 108 valence electrons. The molecule has 0 aliphatic carbocycles. The van der Waals surface area contributed by atoms with E-state index in [9.17, 15) is 0 Å². The molecule has 0 bridgehead atoms. The fraction of sp³-hybridized carbons (Fsp3) is 0.471. The summed E-state index contributed by atoms with van der Waals surface area (Å²) in [4.78, 5) is 4.43. The van der Waals surface area contributed by atoms with Gasteiger partial charge in [-0.25, -0.2) is 4.98 Å². The van der Waals surface area contributed by atoms with Crippen molar-refractivity contribution < 1.29 is 0 Å². The highest BCUT2D eigenvalue weighted by atomic mass is 15.1. The Labute approximate surface area is 122 Å². The second-order valence-electron chi connectivity index (χ2n) is 5.89. The summed E-state index contributed by atoms with van der Waals surface area (Å²) in [6.45, 7) is 9.54. The molecule has 0 aliphatic heterocycles. The number of nitrogens with one attached hydrogen (secondary N) is 1. The summed E-state index contributed by atoms with van der Waals surface area (Å²) in [6, 6.07) is 10.7. The molecule has 0 radical (unpaired) electrons. The zero-order chi connectivity index (χ0) is 14.4. The molecule has 3 heteroatoms. The first-order valence-corrected chi connectivity index (χ1v) is 7.40. The fourth-order valence-electron chi connectivity index (χ4n) is 2.43. The Balaban J connectivity index is 1.90. The highest BCUT2D eigenvalue weighted by molar-refractivity contribution is 5.23. The monoisotopic (exact) mass is 271 g/mol. The molecule has 0 aliphatic rings. The zero-order valence-electron chi connectivity index (χ0n) is 12.8. The third-order valence-corrected chi connectivity index (χ3v) is 3.67. The second-order valence-corrected chi connectivity index (χ2v) is 5.89. The molecule has 0 atom stereocenters. The molecule has 1 aromatic heterocycles. The van der Waals surface area contributed by atoms with Crippen molar-refractivity contribution in [2.24, 2.45) is 0 Å². The van der Waals surface area contributed by atoms with E-state index in [2.05, 4.69) is 72.2 Å². The summed E-state index contributed by atoms with van der Waals surface area (Å²) < 4.78 is 2.22. The Kier molecular flexibility index (Phi) is 4.96. The number of aryl methyl sites for hydroxylation is 1. The van der Waals surface area contributed by atoms with Gasteiger partial charge in [-0.1, -0.05) is 51.1 Å². The molecule has 0 saturated heterocycles. The van der Waals surface area contributed by atoms with Gasteiger partial charge in [-0.05, 0) is 12.0 Å². The molecule has 2 rings (SSSR count). The molecule has 0 unspecified atom stereocenters. The van der Waals surface area contributed by atoms with Crippen molar-refractivity contribution >= 4 is 0 Å². The molecule has 1 N–H and O–H groups in total. The van der Waals surface area contributed by atoms with E-state index in [0.717, 1.165) is 31.9 Å². The Morgan fingerprint density at radius 3 is 2.65 bits per heavy atom. The van der Waals surface area contributed by atoms with Gasteiger partial charge < -0.3 is 9.88 Å². The van der Waals surface area contributed by atoms with E-state index in [1.54, 1.807) is 0 Å². The molecule has 0 amide bonds. The van der Waals surface area contributed by atoms with Gasteiger partial charge >= 0.3 is 0 Å². The molecule has 0 fully saturated rings. The largest absolute Gasteiger partial charge is 0.334 e. The molecular formula is C17H25N3. The first kappa shape index (κ1) is 14.8. The Hall–Kier alpha value is -1.61. The third kappa shape index (κ3) is 3.70. The van der Waals surface area contributed by atoms with Crippen LogP contribution in [0.3, 0.4) is 0 Å². The molecular weight excluding hydrogens is 246 g/mol. The highest BCUT2D eigenvalue weighted by Gasteiger charge is 2.19. The van der Waals surface area contributed by atoms with Crippen molar-refractivity contribution in [3.8, 4) is 0 Å². The molecule has 20 heavy (non-hydrogen) atoms. The molecule has 1 heterocycles. The molecule has 2 aromatic rings. The average Bonchev–Trinajstić information content (AvgIpc) is 2.88. The lowest BCUT2D eigenvalue weighted by atomic mass is 9.85. The fourth-order valence-corrected chi connectivity index (χ4v) is 2.43. The minimum absolute atomic E-state index is 0.128. The van der Waals surface area contributed by atoms with Crippen LogP contribution < -0.4 is 5.32 Å². The van der Waals surface area contributed by atoms with E-state index in [0.29, 0.717) is 0 Å². The summed E-state index contributed by atoms with van der Waals surface area (Å²) in [5, 5.41) is 3.54. The Morgan fingerprint density at radius 2 is 1.95 bits per heavy atom. The summed E-state index contributed by atoms with van der Waals surface area (Å²) in [6.07, 6.45) is 5.08. The second kappa shape index (κ2) is 6.71. The lowest BCUT2D eigenvalue weighted by Gasteiger charge is -2.25. The maximum atomic E-state index is 4.43. The zero-order valence-corrected chi connectivity index (χ0v) is 12.8. The first-order valence-electron chi connectivity index (χ1n) is 7.40. The van der Waals surface area contributed by atoms with Crippen LogP contribution in [-0.2, 0) is 18.5 Å². The maximum absolute atomic E-state index is 4.43. The van der Waals surface area contributed by atoms with Crippen LogP contribution in [0.25, 0.3) is 0 Å². The van der Waals surface area contributed by atoms with E-state index < -0.39 is 0 Å². The van der Waals surface area contributed by atoms with Crippen LogP contribution in [0.1, 0.15) is 38.6 Å². The van der Waals surface area contributed by atoms with Crippen LogP contribution in [0.4, 0.5) is 0 Å². The van der Waals surface area contributed by atoms with Gasteiger partial charge in [-0.3, -0.25) is 0 Å². The lowest BCUT2D eigenvalue weighted by molar-refractivity contribution is 0.458. The van der Waals surface area contributed by atoms with Crippen LogP contribution in [0.2, 0.25) is 0 Å². The number of hydrogen-bond acceptors (Lipinski definition) is 2. The van der Waals surface area contributed by atoms with Crippen molar-refractivity contribution in [3.05, 3.63) is 54.1 Å². The number of aromatic nitrogens is 2. The first-order chi connectivity index (χ1) is 9.63. The lowest BCUT2D eigenvalue weighted by Crippen LogP contribution is -2.33. The van der Waals surface area contributed by atoms with Crippen molar-refractivity contribution in [1.29, 1.82) is 0 Å². The van der Waals surface area contributed by atoms with Crippen LogP contribution in [-0.4, -0.2) is 16.1 Å². The van der Waals surface area contributed by atoms with Gasteiger partial charge in [0.05, 0.1) is 6.54 Å². The number of hydrogen-bond donors (Lipinski definition) is 1. The molecule has 0 spiro atoms. The van der Waals surface area contributed by atoms with E-state index in [-0.39, 0.29) is 5.41 Å². The quantitative estimate of drug-likeness (QED) is 0.837. The van der Waals surface area contributed by atoms with Crippen molar-refractivity contribution in [3.63, 3.8) is 0 Å². The Morgan fingerprint density at radius 1 is 1.20 bits per heavy atom. The smallest absolute Gasteiger partial charge is 0.122 e. The minimum Gasteiger partial charge on any atom is -0.334 e. The Bertz CT molecular complexity index is 514. The molecule has 3 nitrogen and oxygen atoms in total. The van der Waals surface area contributed by atoms with Crippen molar-refractivity contribution in [1.82, 2.24) is 14.9 Å². The van der Waals surface area contributed by atoms with Gasteiger partial charge in [0.25, 0.3) is 0 Å². The summed E-state index contributed by atoms with van der Waals surface area (Å²) >= 11 is 0. The van der Waals surface area contributed by atoms with Crippen molar-refractivity contribution in [2.75, 3.05) is 6.54 Å². The predicted molar refractivity (Wildman–Crippen MR) is 83.7 cm³/mol. The maximum Gasteiger partial charge on any atom is 0.122 e. The van der Waals surface area contributed by atoms with E-state index >= 15 is 0 Å². The molecule has 1 aromatic carbocycles. The normalized spacial score (nSPS) is 11.8. The molecule has 0 saturated carbocycles. The third-order valence-electron chi connectivity index (χ3n) is 3.67. The number of nitrogens with zero attached hydrogens (tertiary/aromatic N) is 2. The SMILES string of the molecule is CCCn1ccnc1CNCC(C)(C)c1ccccc1. The van der Waals surface area contributed by atoms with Crippen LogP contribution >= 0.6 is 0 Å². The van der Waals surface area contributed by atoms with Gasteiger partial charge in [0.15, 0.2) is 0 Å². The average molecular weight is 271 g/mol. The van der Waals surface area contributed by atoms with E-state index in [1.165, 1.54) is 5.56 Å². The topological polar surface area (TPSA) is 29.9 Å². The number of benzene rings is 1. The summed E-state index contributed by atoms with van der Waals surface area (Å²) in [5.41, 5.74) is 1.49. The van der Waals surface area contributed by atoms with Crippen LogP contribution in [0.15, 0.2) is 42.7 Å². The van der Waals surface area contributed by atoms with E-state index in [1.807, 2.05) is 6.20 Å². The number of imidazole rings is 1. The minimum atomic E-state index is 0.128. The number of rotatable bonds is 7. The predicted octanol–water partition coefficient (Wildman–Crippen LogP) is 3.36. The summed E-state index contributed by atoms with van der Waals surface area (Å²) in [5.74, 6) is 1.12. The van der Waals surface area contributed by atoms with Gasteiger partial charge in [-0.15, -0.1) is 0 Å². The van der Waals surface area contributed by atoms with E-state index in [4.69, 9.17) is 0 Å². The van der Waals surface area contributed by atoms with Gasteiger partial charge in [-0.2, -0.15) is 0 Å². The standard InChI is InChI=1S/C17H25N3/c1-4-11-20-12-10-19-16(20)13-18-14-17(2,3)15-8-6-5-7-9-15/h5-10,12,18H,4,11,13-14H2,1-3H3. The van der Waals surface area contributed by atoms with Crippen LogP contribution in [0.5, 0.6) is 0 Å². The van der Waals surface area contributed by atoms with Gasteiger partial charge in [0, 0.05) is 30.9 Å². The summed E-state index contributed by atoms with van der Waals surface area (Å²) in [7, 11) is 0. The van der Waals surface area contributed by atoms with Gasteiger partial charge in [0.1, 0.15) is 5.82 Å². The van der Waals surface area contributed by atoms with Crippen molar-refractivity contribution in [2.45, 2.75) is 45.7 Å². The van der Waals surface area contributed by atoms with Crippen LogP contribution in [0, 0.1) is 0 Å². The van der Waals surface area contributed by atoms with Gasteiger partial charge in [0.2, 0.25) is 0 Å².